The number of anilines is 1. The molecule has 0 saturated carbocycles. The van der Waals surface area contributed by atoms with Crippen molar-refractivity contribution in [3.63, 3.8) is 0 Å². The van der Waals surface area contributed by atoms with Crippen LogP contribution in [0.25, 0.3) is 0 Å². The molecule has 0 bridgehead atoms. The van der Waals surface area contributed by atoms with Gasteiger partial charge >= 0.3 is 0 Å². The van der Waals surface area contributed by atoms with E-state index in [1.165, 1.54) is 23.0 Å². The van der Waals surface area contributed by atoms with Gasteiger partial charge in [-0.05, 0) is 12.1 Å². The van der Waals surface area contributed by atoms with Crippen LogP contribution in [-0.4, -0.2) is 32.8 Å². The Kier molecular flexibility index (Phi) is 3.96. The Morgan fingerprint density at radius 1 is 1.50 bits per heavy atom. The topological polar surface area (TPSA) is 88.0 Å². The molecule has 7 heteroatoms. The molecule has 0 aliphatic carbocycles. The van der Waals surface area contributed by atoms with Crippen LogP contribution in [0.1, 0.15) is 16.1 Å². The van der Waals surface area contributed by atoms with Crippen molar-refractivity contribution >= 4 is 22.4 Å². The Morgan fingerprint density at radius 3 is 3.00 bits per heavy atom. The quantitative estimate of drug-likeness (QED) is 0.769. The highest BCUT2D eigenvalue weighted by Gasteiger charge is 2.08. The third-order valence-electron chi connectivity index (χ3n) is 1.89. The molecule has 2 aromatic rings. The first-order valence-electron chi connectivity index (χ1n) is 4.93. The second-order valence-electron chi connectivity index (χ2n) is 3.09. The molecule has 0 unspecified atom stereocenters. The molecular weight excluding hydrogens is 252 g/mol. The van der Waals surface area contributed by atoms with E-state index in [-0.39, 0.29) is 18.2 Å². The molecular formula is C11H8N4O2S. The normalized spacial score (nSPS) is 9.39. The van der Waals surface area contributed by atoms with Gasteiger partial charge in [0.15, 0.2) is 0 Å². The first-order chi connectivity index (χ1) is 8.79. The third-order valence-corrected chi connectivity index (χ3v) is 2.50. The minimum atomic E-state index is -0.353. The highest BCUT2D eigenvalue weighted by atomic mass is 32.1. The standard InChI is InChI=1S/C11H8N4O2S/c16-5-1-2-8-3-4-9(12-6-8)10(17)14-11-15-13-7-18-11/h3-4,6-7,16H,5H2,(H,14,15,17). The Hall–Kier alpha value is -2.30. The number of amides is 1. The molecule has 0 saturated heterocycles. The zero-order chi connectivity index (χ0) is 12.8. The molecule has 0 radical (unpaired) electrons. The van der Waals surface area contributed by atoms with Crippen molar-refractivity contribution in [3.8, 4) is 11.8 Å². The van der Waals surface area contributed by atoms with Gasteiger partial charge in [-0.2, -0.15) is 0 Å². The van der Waals surface area contributed by atoms with E-state index in [2.05, 4.69) is 32.3 Å². The zero-order valence-electron chi connectivity index (χ0n) is 9.12. The van der Waals surface area contributed by atoms with Gasteiger partial charge in [-0.1, -0.05) is 23.2 Å². The maximum absolute atomic E-state index is 11.7. The summed E-state index contributed by atoms with van der Waals surface area (Å²) in [6.07, 6.45) is 1.47. The summed E-state index contributed by atoms with van der Waals surface area (Å²) in [6.45, 7) is -0.209. The molecule has 2 aromatic heterocycles. The number of aliphatic hydroxyl groups excluding tert-OH is 1. The SMILES string of the molecule is O=C(Nc1nncs1)c1ccc(C#CCO)cn1. The van der Waals surface area contributed by atoms with Crippen LogP contribution in [0, 0.1) is 11.8 Å². The van der Waals surface area contributed by atoms with Crippen LogP contribution in [0.5, 0.6) is 0 Å². The lowest BCUT2D eigenvalue weighted by atomic mass is 10.2. The van der Waals surface area contributed by atoms with Crippen molar-refractivity contribution in [2.45, 2.75) is 0 Å². The number of nitrogens with one attached hydrogen (secondary N) is 1. The number of aliphatic hydroxyl groups is 1. The molecule has 0 atom stereocenters. The van der Waals surface area contributed by atoms with Crippen molar-refractivity contribution in [2.75, 3.05) is 11.9 Å². The predicted octanol–water partition coefficient (Wildman–Crippen LogP) is 0.529. The van der Waals surface area contributed by atoms with E-state index < -0.39 is 0 Å². The van der Waals surface area contributed by atoms with Gasteiger partial charge in [-0.25, -0.2) is 4.98 Å². The number of hydrogen-bond donors (Lipinski definition) is 2. The monoisotopic (exact) mass is 260 g/mol. The van der Waals surface area contributed by atoms with E-state index in [0.717, 1.165) is 0 Å². The highest BCUT2D eigenvalue weighted by Crippen LogP contribution is 2.09. The van der Waals surface area contributed by atoms with Crippen molar-refractivity contribution in [1.82, 2.24) is 15.2 Å². The van der Waals surface area contributed by atoms with E-state index in [1.54, 1.807) is 12.1 Å². The molecule has 2 rings (SSSR count). The van der Waals surface area contributed by atoms with E-state index in [9.17, 15) is 4.79 Å². The Balaban J connectivity index is 2.07. The molecule has 0 spiro atoms. The summed E-state index contributed by atoms with van der Waals surface area (Å²) in [5.74, 6) is 4.84. The summed E-state index contributed by atoms with van der Waals surface area (Å²) in [6, 6.07) is 3.21. The number of aromatic nitrogens is 3. The lowest BCUT2D eigenvalue weighted by Gasteiger charge is -1.99. The molecule has 0 aliphatic rings. The van der Waals surface area contributed by atoms with Crippen LogP contribution < -0.4 is 5.32 Å². The van der Waals surface area contributed by atoms with Gasteiger partial charge in [0, 0.05) is 11.8 Å². The molecule has 0 fully saturated rings. The number of carbonyl (C=O) groups is 1. The minimum Gasteiger partial charge on any atom is -0.384 e. The van der Waals surface area contributed by atoms with Crippen molar-refractivity contribution < 1.29 is 9.90 Å². The minimum absolute atomic E-state index is 0.209. The van der Waals surface area contributed by atoms with Gasteiger partial charge in [0.25, 0.3) is 5.91 Å². The Bertz CT molecular complexity index is 584. The summed E-state index contributed by atoms with van der Waals surface area (Å²) in [4.78, 5) is 15.7. The van der Waals surface area contributed by atoms with E-state index in [4.69, 9.17) is 5.11 Å². The van der Waals surface area contributed by atoms with Crippen LogP contribution in [0.4, 0.5) is 5.13 Å². The first kappa shape index (κ1) is 12.2. The van der Waals surface area contributed by atoms with Crippen molar-refractivity contribution in [1.29, 1.82) is 0 Å². The molecule has 90 valence electrons. The van der Waals surface area contributed by atoms with E-state index in [1.807, 2.05) is 0 Å². The van der Waals surface area contributed by atoms with Crippen LogP contribution >= 0.6 is 11.3 Å². The first-order valence-corrected chi connectivity index (χ1v) is 5.81. The summed E-state index contributed by atoms with van der Waals surface area (Å²) >= 11 is 1.23. The smallest absolute Gasteiger partial charge is 0.276 e. The summed E-state index contributed by atoms with van der Waals surface area (Å²) in [7, 11) is 0. The van der Waals surface area contributed by atoms with Gasteiger partial charge < -0.3 is 5.11 Å². The zero-order valence-corrected chi connectivity index (χ0v) is 9.94. The fourth-order valence-electron chi connectivity index (χ4n) is 1.13. The van der Waals surface area contributed by atoms with Crippen molar-refractivity contribution in [2.24, 2.45) is 0 Å². The fraction of sp³-hybridized carbons (Fsp3) is 0.0909. The average Bonchev–Trinajstić information content (AvgIpc) is 2.89. The van der Waals surface area contributed by atoms with Crippen molar-refractivity contribution in [3.05, 3.63) is 35.1 Å². The Morgan fingerprint density at radius 2 is 2.39 bits per heavy atom. The molecule has 0 aromatic carbocycles. The van der Waals surface area contributed by atoms with Crippen LogP contribution in [-0.2, 0) is 0 Å². The number of pyridine rings is 1. The molecule has 18 heavy (non-hydrogen) atoms. The molecule has 6 nitrogen and oxygen atoms in total. The van der Waals surface area contributed by atoms with E-state index in [0.29, 0.717) is 10.7 Å². The number of nitrogens with zero attached hydrogens (tertiary/aromatic N) is 3. The molecule has 1 amide bonds. The van der Waals surface area contributed by atoms with Gasteiger partial charge in [0.1, 0.15) is 17.8 Å². The molecule has 2 heterocycles. The molecule has 0 aliphatic heterocycles. The van der Waals surface area contributed by atoms with Crippen LogP contribution in [0.2, 0.25) is 0 Å². The average molecular weight is 260 g/mol. The second kappa shape index (κ2) is 5.86. The fourth-order valence-corrected chi connectivity index (χ4v) is 1.57. The maximum Gasteiger partial charge on any atom is 0.276 e. The summed E-state index contributed by atoms with van der Waals surface area (Å²) < 4.78 is 0. The van der Waals surface area contributed by atoms with E-state index >= 15 is 0 Å². The molecule has 2 N–H and O–H groups in total. The third kappa shape index (κ3) is 3.10. The lowest BCUT2D eigenvalue weighted by Crippen LogP contribution is -2.13. The van der Waals surface area contributed by atoms with Crippen LogP contribution in [0.15, 0.2) is 23.8 Å². The highest BCUT2D eigenvalue weighted by molar-refractivity contribution is 7.13. The lowest BCUT2D eigenvalue weighted by molar-refractivity contribution is 0.102. The maximum atomic E-state index is 11.7. The number of hydrogen-bond acceptors (Lipinski definition) is 6. The number of carbonyl (C=O) groups excluding carboxylic acids is 1. The largest absolute Gasteiger partial charge is 0.384 e. The summed E-state index contributed by atoms with van der Waals surface area (Å²) in [5.41, 5.74) is 2.42. The van der Waals surface area contributed by atoms with Gasteiger partial charge in [0.05, 0.1) is 0 Å². The van der Waals surface area contributed by atoms with Gasteiger partial charge in [-0.3, -0.25) is 10.1 Å². The van der Waals surface area contributed by atoms with Crippen LogP contribution in [0.3, 0.4) is 0 Å². The predicted molar refractivity (Wildman–Crippen MR) is 66.1 cm³/mol. The van der Waals surface area contributed by atoms with Gasteiger partial charge in [-0.15, -0.1) is 10.2 Å². The second-order valence-corrected chi connectivity index (χ2v) is 3.92. The van der Waals surface area contributed by atoms with Gasteiger partial charge in [0.2, 0.25) is 5.13 Å². The summed E-state index contributed by atoms with van der Waals surface area (Å²) in [5, 5.41) is 18.8. The number of rotatable bonds is 2. The Labute approximate surface area is 107 Å².